The Morgan fingerprint density at radius 2 is 1.63 bits per heavy atom. The van der Waals surface area contributed by atoms with Crippen molar-refractivity contribution in [2.45, 2.75) is 6.10 Å². The lowest BCUT2D eigenvalue weighted by atomic mass is 10.0. The average molecular weight is 384 g/mol. The van der Waals surface area contributed by atoms with Gasteiger partial charge in [0.2, 0.25) is 0 Å². The van der Waals surface area contributed by atoms with Gasteiger partial charge in [0.25, 0.3) is 0 Å². The van der Waals surface area contributed by atoms with Crippen LogP contribution in [0.25, 0.3) is 0 Å². The molecule has 1 nitrogen and oxygen atoms in total. The lowest BCUT2D eigenvalue weighted by Crippen LogP contribution is -2.04. The van der Waals surface area contributed by atoms with Crippen LogP contribution in [0.1, 0.15) is 17.2 Å². The second-order valence-electron chi connectivity index (χ2n) is 3.83. The molecule has 0 fully saturated rings. The average Bonchev–Trinajstić information content (AvgIpc) is 2.33. The van der Waals surface area contributed by atoms with Gasteiger partial charge in [0.15, 0.2) is 0 Å². The highest BCUT2D eigenvalue weighted by atomic mass is 79.9. The molecule has 1 atom stereocenters. The Morgan fingerprint density at radius 1 is 1.05 bits per heavy atom. The molecule has 0 aliphatic heterocycles. The van der Waals surface area contributed by atoms with Crippen LogP contribution in [0.5, 0.6) is 0 Å². The van der Waals surface area contributed by atoms with Crippen molar-refractivity contribution in [3.63, 3.8) is 0 Å². The molecule has 6 heteroatoms. The van der Waals surface area contributed by atoms with Crippen molar-refractivity contribution in [1.82, 2.24) is 0 Å². The van der Waals surface area contributed by atoms with Crippen molar-refractivity contribution in [2.24, 2.45) is 0 Å². The molecule has 0 aliphatic carbocycles. The van der Waals surface area contributed by atoms with E-state index >= 15 is 0 Å². The first kappa shape index (κ1) is 15.1. The predicted octanol–water partition coefficient (Wildman–Crippen LogP) is 5.63. The molecule has 0 heterocycles. The number of hydrogen-bond donors (Lipinski definition) is 1. The molecule has 100 valence electrons. The molecule has 1 unspecified atom stereocenters. The highest BCUT2D eigenvalue weighted by molar-refractivity contribution is 9.10. The normalized spacial score (nSPS) is 12.5. The van der Waals surface area contributed by atoms with Gasteiger partial charge in [0.1, 0.15) is 11.9 Å². The van der Waals surface area contributed by atoms with Crippen LogP contribution in [0.3, 0.4) is 0 Å². The highest BCUT2D eigenvalue weighted by Gasteiger charge is 2.21. The smallest absolute Gasteiger partial charge is 0.130 e. The van der Waals surface area contributed by atoms with Crippen LogP contribution in [0, 0.1) is 5.82 Å². The zero-order valence-electron chi connectivity index (χ0n) is 9.30. The van der Waals surface area contributed by atoms with Crippen LogP contribution in [0.2, 0.25) is 15.1 Å². The van der Waals surface area contributed by atoms with Crippen molar-refractivity contribution in [2.75, 3.05) is 0 Å². The van der Waals surface area contributed by atoms with E-state index in [1.54, 1.807) is 18.2 Å². The van der Waals surface area contributed by atoms with Crippen LogP contribution >= 0.6 is 50.7 Å². The third-order valence-corrected chi connectivity index (χ3v) is 4.46. The Bertz CT molecular complexity index is 613. The summed E-state index contributed by atoms with van der Waals surface area (Å²) >= 11 is 21.0. The van der Waals surface area contributed by atoms with Gasteiger partial charge in [-0.1, -0.05) is 40.9 Å². The largest absolute Gasteiger partial charge is 0.383 e. The van der Waals surface area contributed by atoms with Gasteiger partial charge in [-0.2, -0.15) is 0 Å². The lowest BCUT2D eigenvalue weighted by molar-refractivity contribution is 0.215. The first-order chi connectivity index (χ1) is 8.91. The van der Waals surface area contributed by atoms with E-state index in [0.29, 0.717) is 9.50 Å². The van der Waals surface area contributed by atoms with E-state index in [9.17, 15) is 9.50 Å². The molecule has 2 aromatic carbocycles. The van der Waals surface area contributed by atoms with Gasteiger partial charge >= 0.3 is 0 Å². The Balaban J connectivity index is 2.56. The molecule has 0 radical (unpaired) electrons. The molecular formula is C13H7BrCl3FO. The van der Waals surface area contributed by atoms with Gasteiger partial charge in [-0.3, -0.25) is 0 Å². The van der Waals surface area contributed by atoms with Crippen molar-refractivity contribution >= 4 is 50.7 Å². The Kier molecular flexibility index (Phi) is 4.75. The molecule has 0 spiro atoms. The van der Waals surface area contributed by atoms with Gasteiger partial charge in [0, 0.05) is 25.6 Å². The molecule has 2 aromatic rings. The summed E-state index contributed by atoms with van der Waals surface area (Å²) < 4.78 is 14.3. The van der Waals surface area contributed by atoms with Gasteiger partial charge in [0.05, 0.1) is 5.02 Å². The molecule has 0 aromatic heterocycles. The summed E-state index contributed by atoms with van der Waals surface area (Å²) in [7, 11) is 0. The van der Waals surface area contributed by atoms with Gasteiger partial charge in [-0.15, -0.1) is 0 Å². The number of benzene rings is 2. The van der Waals surface area contributed by atoms with Crippen LogP contribution in [0.4, 0.5) is 4.39 Å². The summed E-state index contributed by atoms with van der Waals surface area (Å²) in [5.41, 5.74) is 0.270. The van der Waals surface area contributed by atoms with E-state index in [2.05, 4.69) is 15.9 Å². The fourth-order valence-electron chi connectivity index (χ4n) is 1.67. The third kappa shape index (κ3) is 3.06. The second-order valence-corrected chi connectivity index (χ2v) is 5.90. The quantitative estimate of drug-likeness (QED) is 0.666. The molecule has 19 heavy (non-hydrogen) atoms. The third-order valence-electron chi connectivity index (χ3n) is 2.61. The summed E-state index contributed by atoms with van der Waals surface area (Å²) in [5, 5.41) is 11.1. The van der Waals surface area contributed by atoms with Crippen molar-refractivity contribution in [1.29, 1.82) is 0 Å². The maximum absolute atomic E-state index is 13.9. The van der Waals surface area contributed by atoms with E-state index < -0.39 is 11.9 Å². The van der Waals surface area contributed by atoms with Crippen LogP contribution in [-0.4, -0.2) is 5.11 Å². The van der Waals surface area contributed by atoms with Crippen molar-refractivity contribution < 1.29 is 9.50 Å². The second kappa shape index (κ2) is 5.98. The molecule has 0 bridgehead atoms. The van der Waals surface area contributed by atoms with E-state index in [1.807, 2.05) is 0 Å². The van der Waals surface area contributed by atoms with Gasteiger partial charge < -0.3 is 5.11 Å². The molecule has 2 rings (SSSR count). The lowest BCUT2D eigenvalue weighted by Gasteiger charge is -2.16. The first-order valence-corrected chi connectivity index (χ1v) is 7.11. The van der Waals surface area contributed by atoms with Crippen molar-refractivity contribution in [3.05, 3.63) is 66.8 Å². The minimum absolute atomic E-state index is 0.0169. The summed E-state index contributed by atoms with van der Waals surface area (Å²) in [6, 6.07) is 7.32. The van der Waals surface area contributed by atoms with E-state index in [-0.39, 0.29) is 21.2 Å². The summed E-state index contributed by atoms with van der Waals surface area (Å²) in [5.74, 6) is -0.597. The minimum atomic E-state index is -1.29. The van der Waals surface area contributed by atoms with Crippen LogP contribution < -0.4 is 0 Å². The van der Waals surface area contributed by atoms with Crippen LogP contribution in [-0.2, 0) is 0 Å². The minimum Gasteiger partial charge on any atom is -0.383 e. The summed E-state index contributed by atoms with van der Waals surface area (Å²) in [6.07, 6.45) is -1.29. The number of aliphatic hydroxyl groups excluding tert-OH is 1. The number of rotatable bonds is 2. The standard InChI is InChI=1S/C13H7BrCl3FO/c14-7-5-11(18)6(4-10(7)17)13(19)12-8(15)2-1-3-9(12)16/h1-5,13,19H. The van der Waals surface area contributed by atoms with E-state index in [4.69, 9.17) is 34.8 Å². The maximum Gasteiger partial charge on any atom is 0.130 e. The van der Waals surface area contributed by atoms with Gasteiger partial charge in [-0.05, 0) is 40.2 Å². The zero-order valence-corrected chi connectivity index (χ0v) is 13.2. The number of halogens is 5. The summed E-state index contributed by atoms with van der Waals surface area (Å²) in [6.45, 7) is 0. The molecule has 0 saturated carbocycles. The topological polar surface area (TPSA) is 20.2 Å². The first-order valence-electron chi connectivity index (χ1n) is 5.18. The molecule has 1 N–H and O–H groups in total. The fraction of sp³-hybridized carbons (Fsp3) is 0.0769. The maximum atomic E-state index is 13.9. The van der Waals surface area contributed by atoms with Crippen molar-refractivity contribution in [3.8, 4) is 0 Å². The number of aliphatic hydroxyl groups is 1. The Labute approximate surface area is 133 Å². The fourth-order valence-corrected chi connectivity index (χ4v) is 2.77. The monoisotopic (exact) mass is 382 g/mol. The highest BCUT2D eigenvalue weighted by Crippen LogP contribution is 2.37. The van der Waals surface area contributed by atoms with E-state index in [0.717, 1.165) is 0 Å². The summed E-state index contributed by atoms with van der Waals surface area (Å²) in [4.78, 5) is 0. The Morgan fingerprint density at radius 3 is 2.21 bits per heavy atom. The zero-order chi connectivity index (χ0) is 14.2. The Hall–Kier alpha value is -0.320. The molecule has 0 aliphatic rings. The van der Waals surface area contributed by atoms with Crippen LogP contribution in [0.15, 0.2) is 34.8 Å². The molecular weight excluding hydrogens is 377 g/mol. The van der Waals surface area contributed by atoms with Gasteiger partial charge in [-0.25, -0.2) is 4.39 Å². The number of hydrogen-bond acceptors (Lipinski definition) is 1. The predicted molar refractivity (Wildman–Crippen MR) is 79.6 cm³/mol. The SMILES string of the molecule is OC(c1cc(Cl)c(Br)cc1F)c1c(Cl)cccc1Cl. The van der Waals surface area contributed by atoms with E-state index in [1.165, 1.54) is 12.1 Å². The molecule has 0 saturated heterocycles. The molecule has 0 amide bonds.